The van der Waals surface area contributed by atoms with Crippen molar-refractivity contribution < 1.29 is 0 Å². The second-order valence-electron chi connectivity index (χ2n) is 13.5. The van der Waals surface area contributed by atoms with Crippen molar-refractivity contribution in [3.8, 4) is 6.07 Å². The van der Waals surface area contributed by atoms with Gasteiger partial charge in [0.15, 0.2) is 0 Å². The van der Waals surface area contributed by atoms with Crippen molar-refractivity contribution in [3.05, 3.63) is 87.2 Å². The minimum atomic E-state index is -0.442. The largest absolute Gasteiger partial charge is 0.383 e. The van der Waals surface area contributed by atoms with Gasteiger partial charge in [0.2, 0.25) is 0 Å². The van der Waals surface area contributed by atoms with Crippen LogP contribution in [0, 0.1) is 22.7 Å². The molecule has 1 aromatic carbocycles. The number of fused-ring (bicyclic) bond motifs is 1. The number of benzene rings is 1. The third kappa shape index (κ3) is 5.23. The van der Waals surface area contributed by atoms with E-state index >= 15 is 0 Å². The maximum absolute atomic E-state index is 13.2. The van der Waals surface area contributed by atoms with E-state index in [4.69, 9.17) is 11.6 Å². The predicted octanol–water partition coefficient (Wildman–Crippen LogP) is 6.16. The van der Waals surface area contributed by atoms with Crippen LogP contribution >= 0.6 is 11.6 Å². The van der Waals surface area contributed by atoms with Crippen molar-refractivity contribution >= 4 is 45.5 Å². The number of nitrogens with one attached hydrogen (secondary N) is 4. The number of allylic oxidation sites excluding steroid dienone is 1. The summed E-state index contributed by atoms with van der Waals surface area (Å²) in [6, 6.07) is 7.58. The molecule has 2 aromatic heterocycles. The van der Waals surface area contributed by atoms with Gasteiger partial charge in [0, 0.05) is 48.8 Å². The fourth-order valence-electron chi connectivity index (χ4n) is 6.36. The monoisotopic (exact) mass is 610 g/mol. The molecular weight excluding hydrogens is 572 g/mol. The van der Waals surface area contributed by atoms with Gasteiger partial charge >= 0.3 is 0 Å². The number of rotatable bonds is 9. The fraction of sp³-hybridized carbons (Fsp3) is 0.382. The highest BCUT2D eigenvalue weighted by atomic mass is 35.5. The highest BCUT2D eigenvalue weighted by molar-refractivity contribution is 6.35. The second-order valence-corrected chi connectivity index (χ2v) is 13.9. The quantitative estimate of drug-likeness (QED) is 0.228. The molecule has 9 nitrogen and oxygen atoms in total. The maximum atomic E-state index is 13.2. The van der Waals surface area contributed by atoms with Crippen LogP contribution in [0.5, 0.6) is 0 Å². The Bertz CT molecular complexity index is 1810. The van der Waals surface area contributed by atoms with E-state index in [9.17, 15) is 10.1 Å². The first-order chi connectivity index (χ1) is 20.9. The highest BCUT2D eigenvalue weighted by Crippen LogP contribution is 2.60. The van der Waals surface area contributed by atoms with Crippen LogP contribution in [-0.4, -0.2) is 32.7 Å². The molecule has 3 saturated carbocycles. The van der Waals surface area contributed by atoms with E-state index in [1.54, 1.807) is 24.0 Å². The molecule has 1 aliphatic heterocycles. The van der Waals surface area contributed by atoms with Crippen LogP contribution in [0.1, 0.15) is 63.6 Å². The molecule has 44 heavy (non-hydrogen) atoms. The molecule has 3 fully saturated rings. The molecule has 3 aliphatic carbocycles. The molecule has 0 saturated heterocycles. The molecule has 2 bridgehead atoms. The lowest BCUT2D eigenvalue weighted by atomic mass is 9.49. The van der Waals surface area contributed by atoms with Crippen LogP contribution in [-0.2, 0) is 7.05 Å². The van der Waals surface area contributed by atoms with Gasteiger partial charge in [-0.3, -0.25) is 14.8 Å². The van der Waals surface area contributed by atoms with Gasteiger partial charge < -0.3 is 20.6 Å². The minimum Gasteiger partial charge on any atom is -0.383 e. The average Bonchev–Trinajstić information content (AvgIpc) is 3.39. The Hall–Kier alpha value is -4.26. The molecule has 0 spiro atoms. The van der Waals surface area contributed by atoms with Gasteiger partial charge in [-0.2, -0.15) is 5.26 Å². The summed E-state index contributed by atoms with van der Waals surface area (Å²) in [5, 5.41) is 20.5. The zero-order valence-corrected chi connectivity index (χ0v) is 26.6. The summed E-state index contributed by atoms with van der Waals surface area (Å²) in [4.78, 5) is 17.7. The fourth-order valence-corrected chi connectivity index (χ4v) is 6.63. The van der Waals surface area contributed by atoms with Crippen molar-refractivity contribution in [1.29, 1.82) is 5.26 Å². The summed E-state index contributed by atoms with van der Waals surface area (Å²) in [7, 11) is 1.75. The maximum Gasteiger partial charge on any atom is 0.258 e. The van der Waals surface area contributed by atoms with E-state index in [1.165, 1.54) is 19.3 Å². The van der Waals surface area contributed by atoms with Gasteiger partial charge in [-0.1, -0.05) is 51.1 Å². The number of aryl methyl sites for hydroxylation is 1. The summed E-state index contributed by atoms with van der Waals surface area (Å²) in [6.07, 6.45) is 12.7. The molecule has 4 aliphatic rings. The van der Waals surface area contributed by atoms with E-state index in [0.717, 1.165) is 33.8 Å². The Morgan fingerprint density at radius 2 is 2.09 bits per heavy atom. The molecule has 228 valence electrons. The molecule has 4 N–H and O–H groups in total. The van der Waals surface area contributed by atoms with Crippen LogP contribution in [0.15, 0.2) is 59.9 Å². The standard InChI is InChI=1S/C34H39ClN8O/c1-7-8-25-24(9-10-42(6)32(25)44)20(2)29(28-18-43(41-40-28)34-13-21(14-34)15-34)39-23-11-26-30(38-19-33(3,4)5)22(16-36)17-37-31(26)27(35)12-23/h7-12,17-18,21,29,39-41H,2,13-15,19H2,1,3-6H3,(H,37,38)/b8-7-/t21?,29-,34?/m0/s1. The normalized spacial score (nSPS) is 21.2. The first-order valence-corrected chi connectivity index (χ1v) is 15.4. The summed E-state index contributed by atoms with van der Waals surface area (Å²) in [6.45, 7) is 13.5. The summed E-state index contributed by atoms with van der Waals surface area (Å²) >= 11 is 6.84. The highest BCUT2D eigenvalue weighted by Gasteiger charge is 2.60. The number of nitriles is 1. The first kappa shape index (κ1) is 29.8. The van der Waals surface area contributed by atoms with Gasteiger partial charge in [-0.25, -0.2) is 0 Å². The first-order valence-electron chi connectivity index (χ1n) is 15.0. The third-order valence-corrected chi connectivity index (χ3v) is 9.19. The van der Waals surface area contributed by atoms with Gasteiger partial charge in [0.1, 0.15) is 6.07 Å². The van der Waals surface area contributed by atoms with E-state index in [2.05, 4.69) is 71.2 Å². The Morgan fingerprint density at radius 1 is 1.34 bits per heavy atom. The van der Waals surface area contributed by atoms with E-state index in [1.807, 2.05) is 37.3 Å². The van der Waals surface area contributed by atoms with Gasteiger partial charge in [-0.05, 0) is 66.9 Å². The third-order valence-electron chi connectivity index (χ3n) is 8.90. The van der Waals surface area contributed by atoms with Gasteiger partial charge in [-0.15, -0.1) is 5.53 Å². The Kier molecular flexibility index (Phi) is 7.47. The van der Waals surface area contributed by atoms with Crippen LogP contribution in [0.2, 0.25) is 5.02 Å². The molecule has 3 aromatic rings. The van der Waals surface area contributed by atoms with Crippen LogP contribution < -0.4 is 27.2 Å². The lowest BCUT2D eigenvalue weighted by Crippen LogP contribution is -2.69. The van der Waals surface area contributed by atoms with E-state index < -0.39 is 6.04 Å². The topological polar surface area (TPSA) is 110 Å². The number of hydrogen-bond acceptors (Lipinski definition) is 8. The van der Waals surface area contributed by atoms with Crippen molar-refractivity contribution in [1.82, 2.24) is 25.5 Å². The SMILES string of the molecule is C=C(c1ccn(C)c(=O)c1/C=C\C)[C@H](Nc1cc(Cl)c2ncc(C#N)c(NCC(C)(C)C)c2c1)C1=CN(C23CC(C2)C3)NN1. The zero-order valence-electron chi connectivity index (χ0n) is 25.9. The molecule has 0 radical (unpaired) electrons. The average molecular weight is 611 g/mol. The smallest absolute Gasteiger partial charge is 0.258 e. The van der Waals surface area contributed by atoms with E-state index in [-0.39, 0.29) is 16.5 Å². The van der Waals surface area contributed by atoms with Crippen molar-refractivity contribution in [2.75, 3.05) is 17.2 Å². The molecular formula is C34H39ClN8O. The van der Waals surface area contributed by atoms with Gasteiger partial charge in [0.05, 0.1) is 39.1 Å². The van der Waals surface area contributed by atoms with Crippen molar-refractivity contribution in [2.24, 2.45) is 18.4 Å². The Balaban J connectivity index is 1.44. The zero-order chi connectivity index (χ0) is 31.4. The summed E-state index contributed by atoms with van der Waals surface area (Å²) < 4.78 is 1.57. The predicted molar refractivity (Wildman–Crippen MR) is 179 cm³/mol. The molecule has 10 heteroatoms. The number of pyridine rings is 2. The van der Waals surface area contributed by atoms with Crippen LogP contribution in [0.3, 0.4) is 0 Å². The van der Waals surface area contributed by atoms with Crippen molar-refractivity contribution in [3.63, 3.8) is 0 Å². The number of nitrogens with zero attached hydrogens (tertiary/aromatic N) is 4. The van der Waals surface area contributed by atoms with E-state index in [0.29, 0.717) is 33.9 Å². The van der Waals surface area contributed by atoms with Crippen molar-refractivity contribution in [2.45, 2.75) is 58.5 Å². The molecule has 0 amide bonds. The van der Waals surface area contributed by atoms with Crippen LogP contribution in [0.25, 0.3) is 22.6 Å². The number of aromatic nitrogens is 2. The number of halogens is 1. The summed E-state index contributed by atoms with van der Waals surface area (Å²) in [5.41, 5.74) is 12.2. The van der Waals surface area contributed by atoms with Gasteiger partial charge in [0.25, 0.3) is 5.56 Å². The number of hydrazine groups is 2. The summed E-state index contributed by atoms with van der Waals surface area (Å²) in [5.74, 6) is 0.829. The second kappa shape index (κ2) is 11.0. The number of anilines is 2. The lowest BCUT2D eigenvalue weighted by Gasteiger charge is -2.64. The Morgan fingerprint density at radius 3 is 2.73 bits per heavy atom. The molecule has 3 heterocycles. The molecule has 0 unspecified atom stereocenters. The van der Waals surface area contributed by atoms with Crippen LogP contribution in [0.4, 0.5) is 11.4 Å². The molecule has 7 rings (SSSR count). The minimum absolute atomic E-state index is 0.0118. The number of hydrogen-bond donors (Lipinski definition) is 4. The lowest BCUT2D eigenvalue weighted by molar-refractivity contribution is -0.141. The molecule has 1 atom stereocenters. The Labute approximate surface area is 263 Å².